The van der Waals surface area contributed by atoms with Crippen LogP contribution in [0.15, 0.2) is 24.3 Å². The number of aliphatic hydroxyl groups excluding tert-OH is 1. The number of hydrogen-bond acceptors (Lipinski definition) is 3. The summed E-state index contributed by atoms with van der Waals surface area (Å²) >= 11 is 0. The maximum Gasteiger partial charge on any atom is 0.225 e. The molecule has 19 heavy (non-hydrogen) atoms. The van der Waals surface area contributed by atoms with Crippen molar-refractivity contribution in [2.75, 3.05) is 0 Å². The number of hydrogen-bond donors (Lipinski definition) is 1. The van der Waals surface area contributed by atoms with E-state index in [4.69, 9.17) is 4.74 Å². The largest absolute Gasteiger partial charge is 0.438 e. The molecule has 4 heteroatoms. The Morgan fingerprint density at radius 3 is 2.58 bits per heavy atom. The lowest BCUT2D eigenvalue weighted by Gasteiger charge is -2.13. The van der Waals surface area contributed by atoms with Gasteiger partial charge in [0.15, 0.2) is 0 Å². The normalized spacial score (nSPS) is 10.6. The Labute approximate surface area is 111 Å². The SMILES string of the molecule is Cc1cc(C)c(CO)c(Oc2cc(F)ccc2C)n1. The van der Waals surface area contributed by atoms with Gasteiger partial charge in [-0.05, 0) is 44.0 Å². The van der Waals surface area contributed by atoms with Crippen LogP contribution in [-0.4, -0.2) is 10.1 Å². The Morgan fingerprint density at radius 2 is 1.89 bits per heavy atom. The number of ether oxygens (including phenoxy) is 1. The quantitative estimate of drug-likeness (QED) is 0.920. The van der Waals surface area contributed by atoms with E-state index < -0.39 is 0 Å². The molecule has 0 aliphatic rings. The predicted molar refractivity (Wildman–Crippen MR) is 70.8 cm³/mol. The number of halogens is 1. The smallest absolute Gasteiger partial charge is 0.225 e. The third-order valence-corrected chi connectivity index (χ3v) is 2.95. The number of rotatable bonds is 3. The van der Waals surface area contributed by atoms with Crippen molar-refractivity contribution in [3.05, 3.63) is 52.5 Å². The highest BCUT2D eigenvalue weighted by Gasteiger charge is 2.12. The van der Waals surface area contributed by atoms with Gasteiger partial charge in [-0.2, -0.15) is 0 Å². The van der Waals surface area contributed by atoms with Crippen molar-refractivity contribution in [2.24, 2.45) is 0 Å². The topological polar surface area (TPSA) is 42.4 Å². The van der Waals surface area contributed by atoms with Crippen molar-refractivity contribution >= 4 is 0 Å². The van der Waals surface area contributed by atoms with E-state index in [-0.39, 0.29) is 12.4 Å². The maximum absolute atomic E-state index is 13.2. The first kappa shape index (κ1) is 13.5. The molecule has 0 aliphatic heterocycles. The average molecular weight is 261 g/mol. The van der Waals surface area contributed by atoms with Gasteiger partial charge in [0.1, 0.15) is 11.6 Å². The fourth-order valence-corrected chi connectivity index (χ4v) is 1.89. The van der Waals surface area contributed by atoms with Crippen molar-refractivity contribution in [1.82, 2.24) is 4.98 Å². The molecule has 0 aliphatic carbocycles. The number of aromatic nitrogens is 1. The Hall–Kier alpha value is -1.94. The van der Waals surface area contributed by atoms with E-state index in [1.165, 1.54) is 12.1 Å². The van der Waals surface area contributed by atoms with E-state index >= 15 is 0 Å². The van der Waals surface area contributed by atoms with Gasteiger partial charge in [0.2, 0.25) is 5.88 Å². The molecule has 0 amide bonds. The van der Waals surface area contributed by atoms with Crippen molar-refractivity contribution in [3.8, 4) is 11.6 Å². The molecule has 1 aromatic carbocycles. The second kappa shape index (κ2) is 5.36. The van der Waals surface area contributed by atoms with Crippen LogP contribution in [0.3, 0.4) is 0 Å². The van der Waals surface area contributed by atoms with Crippen LogP contribution in [0.4, 0.5) is 4.39 Å². The van der Waals surface area contributed by atoms with Crippen LogP contribution in [0.5, 0.6) is 11.6 Å². The molecular weight excluding hydrogens is 245 g/mol. The molecule has 1 N–H and O–H groups in total. The van der Waals surface area contributed by atoms with Gasteiger partial charge in [-0.3, -0.25) is 0 Å². The molecule has 2 aromatic rings. The number of nitrogens with zero attached hydrogens (tertiary/aromatic N) is 1. The van der Waals surface area contributed by atoms with Gasteiger partial charge in [0.25, 0.3) is 0 Å². The highest BCUT2D eigenvalue weighted by Crippen LogP contribution is 2.29. The van der Waals surface area contributed by atoms with Crippen LogP contribution in [0.25, 0.3) is 0 Å². The summed E-state index contributed by atoms with van der Waals surface area (Å²) in [7, 11) is 0. The lowest BCUT2D eigenvalue weighted by Crippen LogP contribution is -2.00. The molecule has 1 heterocycles. The maximum atomic E-state index is 13.2. The summed E-state index contributed by atoms with van der Waals surface area (Å²) in [5.74, 6) is 0.372. The third-order valence-electron chi connectivity index (χ3n) is 2.95. The number of aryl methyl sites for hydroxylation is 3. The molecule has 0 spiro atoms. The molecular formula is C15H16FNO2. The average Bonchev–Trinajstić information content (AvgIpc) is 2.33. The second-order valence-electron chi connectivity index (χ2n) is 4.53. The van der Waals surface area contributed by atoms with Gasteiger partial charge in [-0.15, -0.1) is 0 Å². The van der Waals surface area contributed by atoms with E-state index in [1.807, 2.05) is 26.8 Å². The standard InChI is InChI=1S/C15H16FNO2/c1-9-4-5-12(16)7-14(9)19-15-13(8-18)10(2)6-11(3)17-15/h4-7,18H,8H2,1-3H3. The monoisotopic (exact) mass is 261 g/mol. The third kappa shape index (κ3) is 2.90. The summed E-state index contributed by atoms with van der Waals surface area (Å²) in [6, 6.07) is 6.21. The minimum atomic E-state index is -0.365. The Bertz CT molecular complexity index is 611. The molecule has 0 unspecified atom stereocenters. The summed E-state index contributed by atoms with van der Waals surface area (Å²) in [5.41, 5.74) is 3.12. The number of benzene rings is 1. The summed E-state index contributed by atoms with van der Waals surface area (Å²) < 4.78 is 18.9. The Balaban J connectivity index is 2.45. The van der Waals surface area contributed by atoms with E-state index in [2.05, 4.69) is 4.98 Å². The van der Waals surface area contributed by atoms with Gasteiger partial charge in [0.05, 0.1) is 6.61 Å². The van der Waals surface area contributed by atoms with Gasteiger partial charge in [-0.25, -0.2) is 9.37 Å². The molecule has 0 saturated heterocycles. The Morgan fingerprint density at radius 1 is 1.16 bits per heavy atom. The fourth-order valence-electron chi connectivity index (χ4n) is 1.89. The minimum absolute atomic E-state index is 0.164. The van der Waals surface area contributed by atoms with E-state index in [0.29, 0.717) is 17.2 Å². The lowest BCUT2D eigenvalue weighted by atomic mass is 10.1. The molecule has 2 rings (SSSR count). The zero-order valence-corrected chi connectivity index (χ0v) is 11.2. The summed E-state index contributed by atoms with van der Waals surface area (Å²) in [6.07, 6.45) is 0. The highest BCUT2D eigenvalue weighted by atomic mass is 19.1. The van der Waals surface area contributed by atoms with Gasteiger partial charge < -0.3 is 9.84 Å². The first-order chi connectivity index (χ1) is 9.01. The molecule has 0 bridgehead atoms. The van der Waals surface area contributed by atoms with Gasteiger partial charge in [0, 0.05) is 17.3 Å². The van der Waals surface area contributed by atoms with Crippen LogP contribution in [0.2, 0.25) is 0 Å². The van der Waals surface area contributed by atoms with Crippen LogP contribution in [-0.2, 0) is 6.61 Å². The van der Waals surface area contributed by atoms with E-state index in [0.717, 1.165) is 16.8 Å². The molecule has 0 atom stereocenters. The van der Waals surface area contributed by atoms with Crippen molar-refractivity contribution < 1.29 is 14.2 Å². The summed E-state index contributed by atoms with van der Waals surface area (Å²) in [5, 5.41) is 9.40. The van der Waals surface area contributed by atoms with Crippen LogP contribution < -0.4 is 4.74 Å². The first-order valence-electron chi connectivity index (χ1n) is 6.03. The molecule has 3 nitrogen and oxygen atoms in total. The summed E-state index contributed by atoms with van der Waals surface area (Å²) in [4.78, 5) is 4.27. The predicted octanol–water partition coefficient (Wildman–Crippen LogP) is 3.43. The first-order valence-corrected chi connectivity index (χ1v) is 6.03. The van der Waals surface area contributed by atoms with E-state index in [1.54, 1.807) is 6.07 Å². The van der Waals surface area contributed by atoms with Gasteiger partial charge in [-0.1, -0.05) is 6.07 Å². The zero-order valence-electron chi connectivity index (χ0n) is 11.2. The van der Waals surface area contributed by atoms with Crippen LogP contribution in [0.1, 0.15) is 22.4 Å². The summed E-state index contributed by atoms with van der Waals surface area (Å²) in [6.45, 7) is 5.39. The highest BCUT2D eigenvalue weighted by molar-refractivity contribution is 5.41. The van der Waals surface area contributed by atoms with Crippen molar-refractivity contribution in [3.63, 3.8) is 0 Å². The zero-order chi connectivity index (χ0) is 14.0. The second-order valence-corrected chi connectivity index (χ2v) is 4.53. The molecule has 0 radical (unpaired) electrons. The fraction of sp³-hybridized carbons (Fsp3) is 0.267. The van der Waals surface area contributed by atoms with E-state index in [9.17, 15) is 9.50 Å². The molecule has 0 saturated carbocycles. The van der Waals surface area contributed by atoms with Crippen molar-refractivity contribution in [2.45, 2.75) is 27.4 Å². The van der Waals surface area contributed by atoms with Gasteiger partial charge >= 0.3 is 0 Å². The molecule has 100 valence electrons. The number of pyridine rings is 1. The van der Waals surface area contributed by atoms with Crippen LogP contribution >= 0.6 is 0 Å². The van der Waals surface area contributed by atoms with Crippen molar-refractivity contribution in [1.29, 1.82) is 0 Å². The van der Waals surface area contributed by atoms with Crippen LogP contribution in [0, 0.1) is 26.6 Å². The minimum Gasteiger partial charge on any atom is -0.438 e. The molecule has 1 aromatic heterocycles. The molecule has 0 fully saturated rings. The lowest BCUT2D eigenvalue weighted by molar-refractivity contribution is 0.274. The Kier molecular flexibility index (Phi) is 3.81. The number of aliphatic hydroxyl groups is 1.